The Kier molecular flexibility index (Phi) is 2.50. The first-order valence-electron chi connectivity index (χ1n) is 3.38. The number of nitrogens with zero attached hydrogens (tertiary/aromatic N) is 2. The third-order valence-corrected chi connectivity index (χ3v) is 1.68. The van der Waals surface area contributed by atoms with Gasteiger partial charge in [0.1, 0.15) is 5.82 Å². The van der Waals surface area contributed by atoms with Gasteiger partial charge in [0.05, 0.1) is 18.2 Å². The maximum absolute atomic E-state index is 8.37. The number of nitrogens with one attached hydrogen (secondary N) is 1. The second-order valence-corrected chi connectivity index (χ2v) is 2.50. The lowest BCUT2D eigenvalue weighted by molar-refractivity contribution is 0.975. The largest absolute Gasteiger partial charge is 0.344 e. The van der Waals surface area contributed by atoms with Gasteiger partial charge in [0.2, 0.25) is 0 Å². The van der Waals surface area contributed by atoms with Crippen molar-refractivity contribution in [2.75, 3.05) is 0 Å². The highest BCUT2D eigenvalue weighted by molar-refractivity contribution is 6.30. The summed E-state index contributed by atoms with van der Waals surface area (Å²) in [5.74, 6) is 0.834. The van der Waals surface area contributed by atoms with Crippen LogP contribution in [0.15, 0.2) is 0 Å². The van der Waals surface area contributed by atoms with E-state index in [1.807, 2.05) is 13.0 Å². The summed E-state index contributed by atoms with van der Waals surface area (Å²) in [5.41, 5.74) is 0.714. The molecule has 0 atom stereocenters. The zero-order chi connectivity index (χ0) is 8.27. The molecule has 4 heteroatoms. The summed E-state index contributed by atoms with van der Waals surface area (Å²) in [5, 5.41) is 8.79. The van der Waals surface area contributed by atoms with E-state index in [0.717, 1.165) is 12.2 Å². The third kappa shape index (κ3) is 1.72. The molecule has 0 spiro atoms. The molecule has 1 rings (SSSR count). The van der Waals surface area contributed by atoms with Crippen LogP contribution in [0.4, 0.5) is 0 Å². The molecule has 1 N–H and O–H groups in total. The van der Waals surface area contributed by atoms with Gasteiger partial charge in [-0.15, -0.1) is 0 Å². The summed E-state index contributed by atoms with van der Waals surface area (Å²) in [6, 6.07) is 2.01. The van der Waals surface area contributed by atoms with Crippen LogP contribution in [0.25, 0.3) is 0 Å². The van der Waals surface area contributed by atoms with Gasteiger partial charge in [-0.1, -0.05) is 18.5 Å². The van der Waals surface area contributed by atoms with Crippen LogP contribution < -0.4 is 0 Å². The van der Waals surface area contributed by atoms with Gasteiger partial charge >= 0.3 is 0 Å². The number of H-pyrrole nitrogens is 1. The molecule has 1 heterocycles. The van der Waals surface area contributed by atoms with E-state index in [4.69, 9.17) is 16.9 Å². The van der Waals surface area contributed by atoms with Crippen LogP contribution >= 0.6 is 11.6 Å². The highest BCUT2D eigenvalue weighted by Crippen LogP contribution is 2.12. The minimum atomic E-state index is 0.297. The fourth-order valence-corrected chi connectivity index (χ4v) is 1.02. The molecule has 0 saturated heterocycles. The van der Waals surface area contributed by atoms with Gasteiger partial charge in [-0.2, -0.15) is 5.26 Å². The molecule has 0 bridgehead atoms. The van der Waals surface area contributed by atoms with Gasteiger partial charge < -0.3 is 4.98 Å². The van der Waals surface area contributed by atoms with Crippen molar-refractivity contribution >= 4 is 11.6 Å². The molecule has 0 aliphatic carbocycles. The molecule has 58 valence electrons. The Bertz CT molecular complexity index is 284. The van der Waals surface area contributed by atoms with Crippen molar-refractivity contribution in [3.8, 4) is 6.07 Å². The highest BCUT2D eigenvalue weighted by atomic mass is 35.5. The van der Waals surface area contributed by atoms with Crippen LogP contribution in [0.1, 0.15) is 18.4 Å². The summed E-state index contributed by atoms with van der Waals surface area (Å²) in [6.45, 7) is 1.98. The van der Waals surface area contributed by atoms with Gasteiger partial charge in [-0.25, -0.2) is 4.98 Å². The number of hydrogen-bond acceptors (Lipinski definition) is 2. The average molecular weight is 170 g/mol. The van der Waals surface area contributed by atoms with E-state index in [1.165, 1.54) is 0 Å². The molecule has 1 aromatic rings. The van der Waals surface area contributed by atoms with Crippen LogP contribution in [0.5, 0.6) is 0 Å². The van der Waals surface area contributed by atoms with Crippen molar-refractivity contribution < 1.29 is 0 Å². The molecule has 0 aromatic carbocycles. The van der Waals surface area contributed by atoms with Crippen LogP contribution in [0.3, 0.4) is 0 Å². The lowest BCUT2D eigenvalue weighted by Crippen LogP contribution is -1.84. The summed E-state index contributed by atoms with van der Waals surface area (Å²) in [7, 11) is 0. The number of nitriles is 1. The molecule has 0 fully saturated rings. The van der Waals surface area contributed by atoms with Crippen LogP contribution in [-0.2, 0) is 12.8 Å². The summed E-state index contributed by atoms with van der Waals surface area (Å²) >= 11 is 5.71. The monoisotopic (exact) mass is 169 g/mol. The lowest BCUT2D eigenvalue weighted by atomic mass is 10.4. The lowest BCUT2D eigenvalue weighted by Gasteiger charge is -1.85. The first kappa shape index (κ1) is 8.09. The fourth-order valence-electron chi connectivity index (χ4n) is 0.803. The molecule has 0 saturated carbocycles. The maximum atomic E-state index is 8.37. The second-order valence-electron chi connectivity index (χ2n) is 2.14. The maximum Gasteiger partial charge on any atom is 0.151 e. The zero-order valence-corrected chi connectivity index (χ0v) is 6.94. The van der Waals surface area contributed by atoms with Crippen molar-refractivity contribution in [2.45, 2.75) is 19.8 Å². The van der Waals surface area contributed by atoms with Gasteiger partial charge in [0, 0.05) is 6.42 Å². The second kappa shape index (κ2) is 3.40. The molecule has 11 heavy (non-hydrogen) atoms. The van der Waals surface area contributed by atoms with E-state index in [-0.39, 0.29) is 0 Å². The Hall–Kier alpha value is -1.01. The topological polar surface area (TPSA) is 52.5 Å². The number of rotatable bonds is 2. The molecule has 0 aliphatic rings. The minimum absolute atomic E-state index is 0.297. The van der Waals surface area contributed by atoms with Crippen molar-refractivity contribution in [1.29, 1.82) is 5.26 Å². The quantitative estimate of drug-likeness (QED) is 0.733. The zero-order valence-electron chi connectivity index (χ0n) is 6.19. The normalized spacial score (nSPS) is 9.55. The number of imidazole rings is 1. The Balaban J connectivity index is 2.90. The van der Waals surface area contributed by atoms with E-state index < -0.39 is 0 Å². The molecule has 0 unspecified atom stereocenters. The van der Waals surface area contributed by atoms with Gasteiger partial charge in [-0.3, -0.25) is 0 Å². The first-order valence-corrected chi connectivity index (χ1v) is 3.76. The summed E-state index contributed by atoms with van der Waals surface area (Å²) in [4.78, 5) is 6.97. The molecule has 1 aromatic heterocycles. The van der Waals surface area contributed by atoms with Crippen molar-refractivity contribution in [2.24, 2.45) is 0 Å². The predicted molar refractivity (Wildman–Crippen MR) is 42.3 cm³/mol. The predicted octanol–water partition coefficient (Wildman–Crippen LogP) is 1.69. The molecule has 3 nitrogen and oxygen atoms in total. The Morgan fingerprint density at radius 1 is 1.73 bits per heavy atom. The molecule has 0 aliphatic heterocycles. The van der Waals surface area contributed by atoms with Gasteiger partial charge in [-0.05, 0) is 0 Å². The van der Waals surface area contributed by atoms with E-state index >= 15 is 0 Å². The Morgan fingerprint density at radius 2 is 2.45 bits per heavy atom. The third-order valence-electron chi connectivity index (χ3n) is 1.37. The number of aryl methyl sites for hydroxylation is 1. The van der Waals surface area contributed by atoms with Crippen LogP contribution in [-0.4, -0.2) is 9.97 Å². The molecular formula is C7H8ClN3. The van der Waals surface area contributed by atoms with Gasteiger partial charge in [0.25, 0.3) is 0 Å². The number of halogens is 1. The van der Waals surface area contributed by atoms with E-state index in [0.29, 0.717) is 17.3 Å². The van der Waals surface area contributed by atoms with E-state index in [9.17, 15) is 0 Å². The molecule has 0 amide bonds. The van der Waals surface area contributed by atoms with Crippen LogP contribution in [0, 0.1) is 11.3 Å². The van der Waals surface area contributed by atoms with Crippen molar-refractivity contribution in [3.05, 3.63) is 16.7 Å². The number of hydrogen-bond donors (Lipinski definition) is 1. The molecular weight excluding hydrogens is 162 g/mol. The Labute approximate surface area is 70.0 Å². The highest BCUT2D eigenvalue weighted by Gasteiger charge is 2.04. The number of aromatic nitrogens is 2. The SMILES string of the molecule is CCc1nc(Cl)c(CC#N)[nH]1. The van der Waals surface area contributed by atoms with Crippen LogP contribution in [0.2, 0.25) is 5.15 Å². The average Bonchev–Trinajstić information content (AvgIpc) is 2.33. The number of aromatic amines is 1. The summed E-state index contributed by atoms with van der Waals surface area (Å²) in [6.07, 6.45) is 1.11. The smallest absolute Gasteiger partial charge is 0.151 e. The van der Waals surface area contributed by atoms with E-state index in [1.54, 1.807) is 0 Å². The summed E-state index contributed by atoms with van der Waals surface area (Å²) < 4.78 is 0. The standard InChI is InChI=1S/C7H8ClN3/c1-2-6-10-5(3-4-9)7(8)11-6/h2-3H2,1H3,(H,10,11). The first-order chi connectivity index (χ1) is 5.27. The van der Waals surface area contributed by atoms with E-state index in [2.05, 4.69) is 9.97 Å². The van der Waals surface area contributed by atoms with Gasteiger partial charge in [0.15, 0.2) is 5.15 Å². The minimum Gasteiger partial charge on any atom is -0.344 e. The Morgan fingerprint density at radius 3 is 2.91 bits per heavy atom. The fraction of sp³-hybridized carbons (Fsp3) is 0.429. The van der Waals surface area contributed by atoms with Crippen molar-refractivity contribution in [1.82, 2.24) is 9.97 Å². The molecule has 0 radical (unpaired) electrons. The van der Waals surface area contributed by atoms with Crippen molar-refractivity contribution in [3.63, 3.8) is 0 Å².